The van der Waals surface area contributed by atoms with Gasteiger partial charge in [-0.3, -0.25) is 9.59 Å². The number of piperidine rings is 1. The normalized spacial score (nSPS) is 18.2. The number of hydrogen-bond acceptors (Lipinski definition) is 5. The molecule has 0 spiro atoms. The molecule has 2 aromatic rings. The number of likely N-dealkylation sites (N-methyl/N-ethyl adjacent to an activating group) is 1. The third-order valence-electron chi connectivity index (χ3n) is 8.59. The zero-order chi connectivity index (χ0) is 28.5. The quantitative estimate of drug-likeness (QED) is 0.423. The van der Waals surface area contributed by atoms with Gasteiger partial charge in [0.15, 0.2) is 9.84 Å². The van der Waals surface area contributed by atoms with E-state index in [2.05, 4.69) is 22.3 Å². The monoisotopic (exact) mass is 567 g/mol. The van der Waals surface area contributed by atoms with E-state index < -0.39 is 9.84 Å². The number of rotatable bonds is 11. The zero-order valence-corrected chi connectivity index (χ0v) is 24.9. The Balaban J connectivity index is 1.28. The number of carbonyl (C=O) groups is 2. The summed E-state index contributed by atoms with van der Waals surface area (Å²) in [4.78, 5) is 30.9. The molecule has 7 nitrogen and oxygen atoms in total. The van der Waals surface area contributed by atoms with Crippen molar-refractivity contribution in [3.8, 4) is 0 Å². The summed E-state index contributed by atoms with van der Waals surface area (Å²) in [6.07, 6.45) is 9.72. The fraction of sp³-hybridized carbons (Fsp3) is 0.562. The molecule has 2 aliphatic rings. The topological polar surface area (TPSA) is 86.8 Å². The molecule has 1 aliphatic heterocycles. The highest BCUT2D eigenvalue weighted by molar-refractivity contribution is 7.90. The summed E-state index contributed by atoms with van der Waals surface area (Å²) >= 11 is 0. The molecule has 1 unspecified atom stereocenters. The van der Waals surface area contributed by atoms with Gasteiger partial charge in [0.2, 0.25) is 11.8 Å². The largest absolute Gasteiger partial charge is 0.349 e. The van der Waals surface area contributed by atoms with E-state index >= 15 is 0 Å². The van der Waals surface area contributed by atoms with Crippen LogP contribution in [0.25, 0.3) is 0 Å². The highest BCUT2D eigenvalue weighted by Crippen LogP contribution is 2.26. The summed E-state index contributed by atoms with van der Waals surface area (Å²) < 4.78 is 23.5. The van der Waals surface area contributed by atoms with Crippen LogP contribution in [0.2, 0.25) is 0 Å². The molecule has 1 saturated carbocycles. The molecule has 4 rings (SSSR count). The molecule has 1 aliphatic carbocycles. The van der Waals surface area contributed by atoms with Gasteiger partial charge >= 0.3 is 0 Å². The summed E-state index contributed by atoms with van der Waals surface area (Å²) in [5, 5.41) is 3.38. The molecule has 1 atom stereocenters. The first kappa shape index (κ1) is 30.3. The van der Waals surface area contributed by atoms with Crippen molar-refractivity contribution in [3.63, 3.8) is 0 Å². The van der Waals surface area contributed by atoms with Crippen LogP contribution < -0.4 is 5.32 Å². The first-order chi connectivity index (χ1) is 19.2. The minimum atomic E-state index is -3.25. The molecule has 2 aromatic carbocycles. The maximum atomic E-state index is 13.2. The second-order valence-corrected chi connectivity index (χ2v) is 13.5. The van der Waals surface area contributed by atoms with E-state index in [-0.39, 0.29) is 41.1 Å². The Morgan fingerprint density at radius 1 is 0.950 bits per heavy atom. The Labute approximate surface area is 240 Å². The molecule has 0 radical (unpaired) electrons. The molecule has 2 amide bonds. The molecule has 2 fully saturated rings. The molecule has 218 valence electrons. The number of benzene rings is 2. The average molecular weight is 568 g/mol. The summed E-state index contributed by atoms with van der Waals surface area (Å²) in [6, 6.07) is 17.2. The van der Waals surface area contributed by atoms with Gasteiger partial charge in [-0.05, 0) is 62.3 Å². The first-order valence-corrected chi connectivity index (χ1v) is 16.8. The van der Waals surface area contributed by atoms with Gasteiger partial charge in [0, 0.05) is 44.4 Å². The van der Waals surface area contributed by atoms with Crippen molar-refractivity contribution in [3.05, 3.63) is 65.7 Å². The van der Waals surface area contributed by atoms with Gasteiger partial charge in [0.1, 0.15) is 0 Å². The van der Waals surface area contributed by atoms with Crippen LogP contribution in [0.3, 0.4) is 0 Å². The van der Waals surface area contributed by atoms with Crippen molar-refractivity contribution in [2.45, 2.75) is 81.7 Å². The van der Waals surface area contributed by atoms with Gasteiger partial charge in [-0.2, -0.15) is 0 Å². The van der Waals surface area contributed by atoms with E-state index in [1.807, 2.05) is 30.0 Å². The Hall–Kier alpha value is -2.71. The van der Waals surface area contributed by atoms with Crippen molar-refractivity contribution >= 4 is 21.7 Å². The van der Waals surface area contributed by atoms with Crippen molar-refractivity contribution in [1.29, 1.82) is 0 Å². The van der Waals surface area contributed by atoms with E-state index in [9.17, 15) is 18.0 Å². The van der Waals surface area contributed by atoms with Gasteiger partial charge < -0.3 is 15.1 Å². The maximum absolute atomic E-state index is 13.2. The second-order valence-electron chi connectivity index (χ2n) is 11.4. The van der Waals surface area contributed by atoms with Crippen LogP contribution in [0, 0.1) is 5.92 Å². The Morgan fingerprint density at radius 3 is 2.20 bits per heavy atom. The SMILES string of the molecule is CCN(C(=O)Cc1ccc(S(C)(=O)=O)cc1)C1CCN(CCC(NC(=O)C2CCCCC2)c2ccccc2)CC1. The van der Waals surface area contributed by atoms with Crippen LogP contribution in [0.4, 0.5) is 0 Å². The number of nitrogens with zero attached hydrogens (tertiary/aromatic N) is 2. The van der Waals surface area contributed by atoms with Crippen molar-refractivity contribution < 1.29 is 18.0 Å². The van der Waals surface area contributed by atoms with Crippen LogP contribution >= 0.6 is 0 Å². The lowest BCUT2D eigenvalue weighted by Gasteiger charge is -2.38. The van der Waals surface area contributed by atoms with Gasteiger partial charge in [0.25, 0.3) is 0 Å². The van der Waals surface area contributed by atoms with E-state index in [4.69, 9.17) is 0 Å². The molecule has 8 heteroatoms. The predicted molar refractivity (Wildman–Crippen MR) is 159 cm³/mol. The minimum absolute atomic E-state index is 0.0103. The van der Waals surface area contributed by atoms with Gasteiger partial charge in [-0.15, -0.1) is 0 Å². The number of likely N-dealkylation sites (tertiary alicyclic amines) is 1. The van der Waals surface area contributed by atoms with Gasteiger partial charge in [-0.1, -0.05) is 61.7 Å². The molecule has 1 heterocycles. The molecule has 40 heavy (non-hydrogen) atoms. The van der Waals surface area contributed by atoms with E-state index in [0.717, 1.165) is 75.7 Å². The highest BCUT2D eigenvalue weighted by Gasteiger charge is 2.28. The number of sulfone groups is 1. The summed E-state index contributed by atoms with van der Waals surface area (Å²) in [5.74, 6) is 0.434. The minimum Gasteiger partial charge on any atom is -0.349 e. The Bertz CT molecular complexity index is 1200. The molecular weight excluding hydrogens is 522 g/mol. The van der Waals surface area contributed by atoms with Crippen molar-refractivity contribution in [2.75, 3.05) is 32.4 Å². The van der Waals surface area contributed by atoms with Gasteiger partial charge in [-0.25, -0.2) is 8.42 Å². The van der Waals surface area contributed by atoms with E-state index in [1.165, 1.54) is 12.7 Å². The van der Waals surface area contributed by atoms with E-state index in [1.54, 1.807) is 24.3 Å². The number of amides is 2. The smallest absolute Gasteiger partial charge is 0.227 e. The first-order valence-electron chi connectivity index (χ1n) is 14.9. The van der Waals surface area contributed by atoms with Crippen molar-refractivity contribution in [2.24, 2.45) is 5.92 Å². The van der Waals surface area contributed by atoms with Gasteiger partial charge in [0.05, 0.1) is 17.4 Å². The fourth-order valence-corrected chi connectivity index (χ4v) is 6.83. The standard InChI is InChI=1S/C32H45N3O4S/c1-3-35(31(36)24-25-14-16-29(17-15-25)40(2,38)39)28-18-21-34(22-19-28)23-20-30(26-10-6-4-7-11-26)33-32(37)27-12-8-5-9-13-27/h4,6-7,10-11,14-17,27-28,30H,3,5,8-9,12-13,18-24H2,1-2H3,(H,33,37). The molecule has 0 bridgehead atoms. The summed E-state index contributed by atoms with van der Waals surface area (Å²) in [5.41, 5.74) is 1.99. The second kappa shape index (κ2) is 14.3. The maximum Gasteiger partial charge on any atom is 0.227 e. The average Bonchev–Trinajstić information content (AvgIpc) is 2.97. The highest BCUT2D eigenvalue weighted by atomic mass is 32.2. The zero-order valence-electron chi connectivity index (χ0n) is 24.1. The molecule has 0 aromatic heterocycles. The molecule has 1 saturated heterocycles. The van der Waals surface area contributed by atoms with E-state index in [0.29, 0.717) is 6.54 Å². The Kier molecular flexibility index (Phi) is 10.8. The number of hydrogen-bond donors (Lipinski definition) is 1. The number of carbonyl (C=O) groups excluding carboxylic acids is 2. The lowest BCUT2D eigenvalue weighted by atomic mass is 9.88. The predicted octanol–water partition coefficient (Wildman–Crippen LogP) is 4.77. The number of nitrogens with one attached hydrogen (secondary N) is 1. The lowest BCUT2D eigenvalue weighted by molar-refractivity contribution is -0.133. The third kappa shape index (κ3) is 8.40. The lowest BCUT2D eigenvalue weighted by Crippen LogP contribution is -2.48. The molecular formula is C32H45N3O4S. The van der Waals surface area contributed by atoms with Crippen LogP contribution in [0.5, 0.6) is 0 Å². The summed E-state index contributed by atoms with van der Waals surface area (Å²) in [6.45, 7) is 5.44. The van der Waals surface area contributed by atoms with Crippen LogP contribution in [-0.4, -0.2) is 68.5 Å². The Morgan fingerprint density at radius 2 is 1.60 bits per heavy atom. The fourth-order valence-electron chi connectivity index (χ4n) is 6.20. The summed E-state index contributed by atoms with van der Waals surface area (Å²) in [7, 11) is -3.25. The van der Waals surface area contributed by atoms with Crippen LogP contribution in [0.1, 0.15) is 75.5 Å². The van der Waals surface area contributed by atoms with Crippen LogP contribution in [-0.2, 0) is 25.8 Å². The molecule has 1 N–H and O–H groups in total. The van der Waals surface area contributed by atoms with Crippen molar-refractivity contribution in [1.82, 2.24) is 15.1 Å². The third-order valence-corrected chi connectivity index (χ3v) is 9.72. The van der Waals surface area contributed by atoms with Crippen LogP contribution in [0.15, 0.2) is 59.5 Å².